The number of nitrogens with zero attached hydrogens (tertiary/aromatic N) is 3. The van der Waals surface area contributed by atoms with Crippen LogP contribution in [0.15, 0.2) is 16.8 Å². The van der Waals surface area contributed by atoms with Gasteiger partial charge in [0.2, 0.25) is 11.7 Å². The van der Waals surface area contributed by atoms with Crippen LogP contribution in [0.25, 0.3) is 11.5 Å². The lowest BCUT2D eigenvalue weighted by molar-refractivity contribution is 0.331. The third-order valence-electron chi connectivity index (χ3n) is 3.32. The van der Waals surface area contributed by atoms with Gasteiger partial charge in [0.05, 0.1) is 16.0 Å². The number of halogens is 2. The van der Waals surface area contributed by atoms with Gasteiger partial charge < -0.3 is 9.84 Å². The van der Waals surface area contributed by atoms with Gasteiger partial charge >= 0.3 is 0 Å². The summed E-state index contributed by atoms with van der Waals surface area (Å²) in [6, 6.07) is 1.85. The molecule has 2 heterocycles. The van der Waals surface area contributed by atoms with Gasteiger partial charge in [0.25, 0.3) is 0 Å². The Morgan fingerprint density at radius 3 is 2.76 bits per heavy atom. The minimum atomic E-state index is 0.101. The van der Waals surface area contributed by atoms with Crippen molar-refractivity contribution in [3.8, 4) is 11.5 Å². The van der Waals surface area contributed by atoms with Gasteiger partial charge in [-0.25, -0.2) is 4.98 Å². The molecule has 21 heavy (non-hydrogen) atoms. The summed E-state index contributed by atoms with van der Waals surface area (Å²) in [6.45, 7) is 7.22. The lowest BCUT2D eigenvalue weighted by Crippen LogP contribution is -2.31. The number of aromatic nitrogens is 3. The van der Waals surface area contributed by atoms with Crippen molar-refractivity contribution in [3.05, 3.63) is 28.2 Å². The Balaban J connectivity index is 2.17. The van der Waals surface area contributed by atoms with E-state index in [0.717, 1.165) is 13.0 Å². The Kier molecular flexibility index (Phi) is 5.56. The fourth-order valence-electron chi connectivity index (χ4n) is 1.86. The second-order valence-electron chi connectivity index (χ2n) is 4.97. The zero-order chi connectivity index (χ0) is 15.4. The molecular weight excluding hydrogens is 311 g/mol. The molecule has 2 aromatic heterocycles. The monoisotopic (exact) mass is 328 g/mol. The summed E-state index contributed by atoms with van der Waals surface area (Å²) in [5.74, 6) is 1.04. The predicted octanol–water partition coefficient (Wildman–Crippen LogP) is 3.93. The van der Waals surface area contributed by atoms with Gasteiger partial charge in [-0.1, -0.05) is 42.2 Å². The quantitative estimate of drug-likeness (QED) is 0.870. The topological polar surface area (TPSA) is 63.8 Å². The maximum atomic E-state index is 6.10. The zero-order valence-corrected chi connectivity index (χ0v) is 13.7. The van der Waals surface area contributed by atoms with E-state index in [1.54, 1.807) is 6.07 Å². The molecule has 1 N–H and O–H groups in total. The first-order valence-corrected chi connectivity index (χ1v) is 7.67. The van der Waals surface area contributed by atoms with Gasteiger partial charge in [0.15, 0.2) is 0 Å². The molecule has 2 unspecified atom stereocenters. The molecule has 0 bridgehead atoms. The van der Waals surface area contributed by atoms with E-state index in [4.69, 9.17) is 27.7 Å². The van der Waals surface area contributed by atoms with Crippen LogP contribution in [-0.2, 0) is 0 Å². The van der Waals surface area contributed by atoms with E-state index in [0.29, 0.717) is 27.5 Å². The molecule has 0 aromatic carbocycles. The van der Waals surface area contributed by atoms with Crippen LogP contribution < -0.4 is 5.32 Å². The molecular formula is C14H18Cl2N4O. The van der Waals surface area contributed by atoms with E-state index in [2.05, 4.69) is 34.3 Å². The summed E-state index contributed by atoms with van der Waals surface area (Å²) in [7, 11) is 0. The molecule has 0 fully saturated rings. The van der Waals surface area contributed by atoms with E-state index < -0.39 is 0 Å². The van der Waals surface area contributed by atoms with Crippen LogP contribution in [0.2, 0.25) is 10.0 Å². The second-order valence-corrected chi connectivity index (χ2v) is 5.82. The first-order valence-electron chi connectivity index (χ1n) is 6.91. The molecule has 5 nitrogen and oxygen atoms in total. The number of hydrogen-bond acceptors (Lipinski definition) is 5. The molecule has 0 radical (unpaired) electrons. The molecule has 2 atom stereocenters. The lowest BCUT2D eigenvalue weighted by Gasteiger charge is -2.17. The van der Waals surface area contributed by atoms with Crippen molar-refractivity contribution in [2.75, 3.05) is 6.54 Å². The molecule has 0 saturated heterocycles. The molecule has 114 valence electrons. The van der Waals surface area contributed by atoms with Gasteiger partial charge in [-0.05, 0) is 26.0 Å². The number of rotatable bonds is 6. The number of hydrogen-bond donors (Lipinski definition) is 1. The molecule has 0 amide bonds. The highest BCUT2D eigenvalue weighted by atomic mass is 35.5. The van der Waals surface area contributed by atoms with E-state index in [9.17, 15) is 0 Å². The van der Waals surface area contributed by atoms with Crippen LogP contribution in [0.3, 0.4) is 0 Å². The van der Waals surface area contributed by atoms with Crippen LogP contribution in [0.1, 0.15) is 39.0 Å². The normalized spacial score (nSPS) is 14.1. The molecule has 7 heteroatoms. The standard InChI is InChI=1S/C14H18Cl2N4O/c1-4-5-17-9(3)8(2)14-19-13(20-21-14)12-11(16)6-10(15)7-18-12/h6-9,17H,4-5H2,1-3H3. The number of pyridine rings is 1. The van der Waals surface area contributed by atoms with Gasteiger partial charge in [-0.15, -0.1) is 0 Å². The second kappa shape index (κ2) is 7.20. The molecule has 0 spiro atoms. The highest BCUT2D eigenvalue weighted by Crippen LogP contribution is 2.27. The van der Waals surface area contributed by atoms with Gasteiger partial charge in [-0.2, -0.15) is 4.98 Å². The van der Waals surface area contributed by atoms with E-state index in [1.807, 2.05) is 6.92 Å². The summed E-state index contributed by atoms with van der Waals surface area (Å²) < 4.78 is 5.33. The van der Waals surface area contributed by atoms with Crippen LogP contribution >= 0.6 is 23.2 Å². The fourth-order valence-corrected chi connectivity index (χ4v) is 2.32. The summed E-state index contributed by atoms with van der Waals surface area (Å²) in [4.78, 5) is 8.54. The summed E-state index contributed by atoms with van der Waals surface area (Å²) >= 11 is 11.9. The molecule has 0 aliphatic carbocycles. The average Bonchev–Trinajstić information content (AvgIpc) is 2.93. The first-order chi connectivity index (χ1) is 10.0. The van der Waals surface area contributed by atoms with Crippen molar-refractivity contribution in [3.63, 3.8) is 0 Å². The summed E-state index contributed by atoms with van der Waals surface area (Å²) in [5.41, 5.74) is 0.470. The molecule has 0 aliphatic rings. The minimum absolute atomic E-state index is 0.101. The lowest BCUT2D eigenvalue weighted by atomic mass is 10.0. The van der Waals surface area contributed by atoms with Crippen LogP contribution in [0.5, 0.6) is 0 Å². The van der Waals surface area contributed by atoms with Gasteiger partial charge in [0, 0.05) is 12.2 Å². The van der Waals surface area contributed by atoms with Gasteiger partial charge in [0.1, 0.15) is 5.69 Å². The fraction of sp³-hybridized carbons (Fsp3) is 0.500. The maximum absolute atomic E-state index is 6.10. The van der Waals surface area contributed by atoms with E-state index >= 15 is 0 Å². The molecule has 0 saturated carbocycles. The largest absolute Gasteiger partial charge is 0.339 e. The van der Waals surface area contributed by atoms with Crippen LogP contribution in [-0.4, -0.2) is 27.7 Å². The minimum Gasteiger partial charge on any atom is -0.339 e. The Hall–Kier alpha value is -1.17. The third-order valence-corrected chi connectivity index (χ3v) is 3.81. The van der Waals surface area contributed by atoms with E-state index in [-0.39, 0.29) is 12.0 Å². The predicted molar refractivity (Wildman–Crippen MR) is 83.7 cm³/mol. The van der Waals surface area contributed by atoms with Crippen LogP contribution in [0, 0.1) is 0 Å². The molecule has 2 rings (SSSR count). The maximum Gasteiger partial charge on any atom is 0.231 e. The smallest absolute Gasteiger partial charge is 0.231 e. The Bertz CT molecular complexity index is 602. The van der Waals surface area contributed by atoms with Crippen molar-refractivity contribution in [2.24, 2.45) is 0 Å². The molecule has 2 aromatic rings. The molecule has 0 aliphatic heterocycles. The van der Waals surface area contributed by atoms with Crippen molar-refractivity contribution in [2.45, 2.75) is 39.2 Å². The van der Waals surface area contributed by atoms with Crippen LogP contribution in [0.4, 0.5) is 0 Å². The van der Waals surface area contributed by atoms with E-state index in [1.165, 1.54) is 6.20 Å². The zero-order valence-electron chi connectivity index (χ0n) is 12.2. The van der Waals surface area contributed by atoms with Crippen molar-refractivity contribution >= 4 is 23.2 Å². The highest BCUT2D eigenvalue weighted by Gasteiger charge is 2.22. The van der Waals surface area contributed by atoms with Crippen molar-refractivity contribution in [1.82, 2.24) is 20.4 Å². The third kappa shape index (κ3) is 3.93. The van der Waals surface area contributed by atoms with Crippen molar-refractivity contribution < 1.29 is 4.52 Å². The highest BCUT2D eigenvalue weighted by molar-refractivity contribution is 6.35. The average molecular weight is 329 g/mol. The number of nitrogens with one attached hydrogen (secondary N) is 1. The van der Waals surface area contributed by atoms with Gasteiger partial charge in [-0.3, -0.25) is 0 Å². The Labute approximate surface area is 134 Å². The Morgan fingerprint density at radius 1 is 1.33 bits per heavy atom. The summed E-state index contributed by atoms with van der Waals surface area (Å²) in [5, 5.41) is 8.24. The SMILES string of the molecule is CCCNC(C)C(C)c1nc(-c2ncc(Cl)cc2Cl)no1. The summed E-state index contributed by atoms with van der Waals surface area (Å²) in [6.07, 6.45) is 2.59. The first kappa shape index (κ1) is 16.2. The Morgan fingerprint density at radius 2 is 2.10 bits per heavy atom. The van der Waals surface area contributed by atoms with Crippen molar-refractivity contribution in [1.29, 1.82) is 0 Å².